The van der Waals surface area contributed by atoms with E-state index in [4.69, 9.17) is 4.42 Å². The van der Waals surface area contributed by atoms with Crippen LogP contribution in [0.5, 0.6) is 0 Å². The Morgan fingerprint density at radius 2 is 2.12 bits per heavy atom. The molecule has 7 heteroatoms. The SMILES string of the molecule is CCCC(C)c1cc(NC(=O)Cc2coc(-c3ccc(F)cc3)n2)n[nH]1. The second kappa shape index (κ2) is 7.95. The number of anilines is 1. The van der Waals surface area contributed by atoms with E-state index >= 15 is 0 Å². The molecule has 1 unspecified atom stereocenters. The third kappa shape index (κ3) is 4.36. The number of oxazole rings is 1. The topological polar surface area (TPSA) is 83.8 Å². The van der Waals surface area contributed by atoms with Crippen molar-refractivity contribution in [2.45, 2.75) is 39.0 Å². The standard InChI is InChI=1S/C19H21FN4O2/c1-3-4-12(2)16-10-17(24-23-16)22-18(25)9-15-11-26-19(21-15)13-5-7-14(20)8-6-13/h5-8,10-12H,3-4,9H2,1-2H3,(H2,22,23,24,25). The zero-order valence-corrected chi connectivity index (χ0v) is 14.8. The minimum absolute atomic E-state index is 0.0669. The second-order valence-electron chi connectivity index (χ2n) is 6.27. The van der Waals surface area contributed by atoms with Crippen LogP contribution in [-0.2, 0) is 11.2 Å². The fraction of sp³-hybridized carbons (Fsp3) is 0.316. The number of hydrogen-bond acceptors (Lipinski definition) is 4. The Hall–Kier alpha value is -2.96. The zero-order valence-electron chi connectivity index (χ0n) is 14.8. The van der Waals surface area contributed by atoms with Gasteiger partial charge in [0.05, 0.1) is 12.1 Å². The lowest BCUT2D eigenvalue weighted by atomic mass is 10.0. The number of nitrogens with one attached hydrogen (secondary N) is 2. The van der Waals surface area contributed by atoms with E-state index in [1.54, 1.807) is 12.1 Å². The van der Waals surface area contributed by atoms with E-state index in [9.17, 15) is 9.18 Å². The number of aromatic nitrogens is 3. The van der Waals surface area contributed by atoms with Crippen molar-refractivity contribution in [2.75, 3.05) is 5.32 Å². The minimum Gasteiger partial charge on any atom is -0.444 e. The molecular weight excluding hydrogens is 335 g/mol. The van der Waals surface area contributed by atoms with Crippen LogP contribution in [0.2, 0.25) is 0 Å². The van der Waals surface area contributed by atoms with Crippen LogP contribution in [0.25, 0.3) is 11.5 Å². The molecule has 1 aromatic carbocycles. The van der Waals surface area contributed by atoms with Crippen LogP contribution in [0, 0.1) is 5.82 Å². The third-order valence-electron chi connectivity index (χ3n) is 4.10. The van der Waals surface area contributed by atoms with Crippen molar-refractivity contribution in [3.8, 4) is 11.5 Å². The number of halogens is 1. The number of benzene rings is 1. The number of H-pyrrole nitrogens is 1. The number of amides is 1. The Kier molecular flexibility index (Phi) is 5.46. The van der Waals surface area contributed by atoms with Gasteiger partial charge < -0.3 is 9.73 Å². The normalized spacial score (nSPS) is 12.1. The van der Waals surface area contributed by atoms with E-state index in [2.05, 4.69) is 34.3 Å². The van der Waals surface area contributed by atoms with Crippen LogP contribution in [-0.4, -0.2) is 21.1 Å². The summed E-state index contributed by atoms with van der Waals surface area (Å²) < 4.78 is 18.3. The quantitative estimate of drug-likeness (QED) is 0.661. The molecule has 0 saturated heterocycles. The molecule has 2 N–H and O–H groups in total. The summed E-state index contributed by atoms with van der Waals surface area (Å²) in [6.45, 7) is 4.25. The van der Waals surface area contributed by atoms with E-state index in [1.807, 2.05) is 6.07 Å². The monoisotopic (exact) mass is 356 g/mol. The molecule has 3 rings (SSSR count). The lowest BCUT2D eigenvalue weighted by Crippen LogP contribution is -2.14. The molecule has 2 heterocycles. The Morgan fingerprint density at radius 3 is 2.85 bits per heavy atom. The summed E-state index contributed by atoms with van der Waals surface area (Å²) in [7, 11) is 0. The van der Waals surface area contributed by atoms with Gasteiger partial charge in [-0.25, -0.2) is 9.37 Å². The number of nitrogens with zero attached hydrogens (tertiary/aromatic N) is 2. The molecule has 6 nitrogen and oxygen atoms in total. The molecule has 2 aromatic heterocycles. The van der Waals surface area contributed by atoms with Gasteiger partial charge in [-0.1, -0.05) is 20.3 Å². The summed E-state index contributed by atoms with van der Waals surface area (Å²) in [6.07, 6.45) is 3.64. The van der Waals surface area contributed by atoms with E-state index in [-0.39, 0.29) is 18.1 Å². The predicted molar refractivity (Wildman–Crippen MR) is 96.1 cm³/mol. The summed E-state index contributed by atoms with van der Waals surface area (Å²) >= 11 is 0. The van der Waals surface area contributed by atoms with Gasteiger partial charge in [-0.3, -0.25) is 9.89 Å². The van der Waals surface area contributed by atoms with Crippen molar-refractivity contribution in [2.24, 2.45) is 0 Å². The lowest BCUT2D eigenvalue weighted by molar-refractivity contribution is -0.115. The average molecular weight is 356 g/mol. The first kappa shape index (κ1) is 17.8. The summed E-state index contributed by atoms with van der Waals surface area (Å²) in [5.41, 5.74) is 2.15. The Bertz CT molecular complexity index is 870. The van der Waals surface area contributed by atoms with E-state index in [1.165, 1.54) is 18.4 Å². The van der Waals surface area contributed by atoms with E-state index < -0.39 is 0 Å². The number of rotatable bonds is 7. The van der Waals surface area contributed by atoms with Crippen molar-refractivity contribution < 1.29 is 13.6 Å². The fourth-order valence-corrected chi connectivity index (χ4v) is 2.71. The molecule has 0 aliphatic rings. The maximum Gasteiger partial charge on any atom is 0.231 e. The highest BCUT2D eigenvalue weighted by Gasteiger charge is 2.13. The predicted octanol–water partition coefficient (Wildman–Crippen LogP) is 4.29. The van der Waals surface area contributed by atoms with Crippen molar-refractivity contribution >= 4 is 11.7 Å². The van der Waals surface area contributed by atoms with E-state index in [0.29, 0.717) is 28.9 Å². The van der Waals surface area contributed by atoms with Crippen LogP contribution in [0.15, 0.2) is 41.0 Å². The van der Waals surface area contributed by atoms with Crippen LogP contribution < -0.4 is 5.32 Å². The first-order valence-corrected chi connectivity index (χ1v) is 8.60. The number of aromatic amines is 1. The average Bonchev–Trinajstić information content (AvgIpc) is 3.25. The number of hydrogen-bond donors (Lipinski definition) is 2. The highest BCUT2D eigenvalue weighted by Crippen LogP contribution is 2.21. The molecule has 0 spiro atoms. The fourth-order valence-electron chi connectivity index (χ4n) is 2.71. The molecule has 0 saturated carbocycles. The van der Waals surface area contributed by atoms with Gasteiger partial charge in [0.1, 0.15) is 12.1 Å². The Labute approximate surface area is 150 Å². The van der Waals surface area contributed by atoms with Crippen LogP contribution >= 0.6 is 0 Å². The summed E-state index contributed by atoms with van der Waals surface area (Å²) in [4.78, 5) is 16.5. The largest absolute Gasteiger partial charge is 0.444 e. The van der Waals surface area contributed by atoms with E-state index in [0.717, 1.165) is 18.5 Å². The maximum atomic E-state index is 13.0. The molecule has 0 aliphatic carbocycles. The van der Waals surface area contributed by atoms with Crippen molar-refractivity contribution in [3.63, 3.8) is 0 Å². The molecule has 136 valence electrons. The van der Waals surface area contributed by atoms with Gasteiger partial charge >= 0.3 is 0 Å². The molecule has 0 bridgehead atoms. The summed E-state index contributed by atoms with van der Waals surface area (Å²) in [5, 5.41) is 9.84. The Balaban J connectivity index is 1.59. The Morgan fingerprint density at radius 1 is 1.35 bits per heavy atom. The van der Waals surface area contributed by atoms with Gasteiger partial charge in [-0.05, 0) is 36.6 Å². The molecular formula is C19H21FN4O2. The van der Waals surface area contributed by atoms with Crippen LogP contribution in [0.4, 0.5) is 10.2 Å². The third-order valence-corrected chi connectivity index (χ3v) is 4.10. The van der Waals surface area contributed by atoms with Crippen molar-refractivity contribution in [1.82, 2.24) is 15.2 Å². The molecule has 3 aromatic rings. The zero-order chi connectivity index (χ0) is 18.5. The van der Waals surface area contributed by atoms with Gasteiger partial charge in [-0.15, -0.1) is 0 Å². The minimum atomic E-state index is -0.327. The molecule has 0 fully saturated rings. The van der Waals surface area contributed by atoms with Gasteiger partial charge in [0.25, 0.3) is 0 Å². The summed E-state index contributed by atoms with van der Waals surface area (Å²) in [6, 6.07) is 7.67. The molecule has 26 heavy (non-hydrogen) atoms. The van der Waals surface area contributed by atoms with Gasteiger partial charge in [-0.2, -0.15) is 5.10 Å². The van der Waals surface area contributed by atoms with Crippen LogP contribution in [0.1, 0.15) is 44.0 Å². The molecule has 0 aliphatic heterocycles. The van der Waals surface area contributed by atoms with Crippen molar-refractivity contribution in [1.29, 1.82) is 0 Å². The van der Waals surface area contributed by atoms with Gasteiger partial charge in [0.2, 0.25) is 11.8 Å². The number of carbonyl (C=O) groups excluding carboxylic acids is 1. The highest BCUT2D eigenvalue weighted by molar-refractivity contribution is 5.91. The smallest absolute Gasteiger partial charge is 0.231 e. The van der Waals surface area contributed by atoms with Gasteiger partial charge in [0.15, 0.2) is 5.82 Å². The molecule has 0 radical (unpaired) electrons. The van der Waals surface area contributed by atoms with Crippen LogP contribution in [0.3, 0.4) is 0 Å². The van der Waals surface area contributed by atoms with Gasteiger partial charge in [0, 0.05) is 17.3 Å². The van der Waals surface area contributed by atoms with Crippen molar-refractivity contribution in [3.05, 3.63) is 53.8 Å². The molecule has 1 amide bonds. The summed E-state index contributed by atoms with van der Waals surface area (Å²) in [5.74, 6) is 0.655. The maximum absolute atomic E-state index is 13.0. The first-order valence-electron chi connectivity index (χ1n) is 8.60. The second-order valence-corrected chi connectivity index (χ2v) is 6.27. The highest BCUT2D eigenvalue weighted by atomic mass is 19.1. The first-order chi connectivity index (χ1) is 12.5. The molecule has 1 atom stereocenters. The lowest BCUT2D eigenvalue weighted by Gasteiger charge is -2.05. The number of carbonyl (C=O) groups is 1.